The highest BCUT2D eigenvalue weighted by atomic mass is 32.1. The first kappa shape index (κ1) is 13.8. The van der Waals surface area contributed by atoms with Crippen molar-refractivity contribution in [3.8, 4) is 0 Å². The largest absolute Gasteiger partial charge is 0.287 e. The van der Waals surface area contributed by atoms with Crippen LogP contribution in [0.2, 0.25) is 0 Å². The summed E-state index contributed by atoms with van der Waals surface area (Å²) in [6.45, 7) is 5.56. The Balaban J connectivity index is 2.47. The van der Waals surface area contributed by atoms with Gasteiger partial charge in [0.05, 0.1) is 11.3 Å². The van der Waals surface area contributed by atoms with Crippen LogP contribution in [0.25, 0.3) is 0 Å². The Morgan fingerprint density at radius 2 is 2.11 bits per heavy atom. The second kappa shape index (κ2) is 5.57. The lowest BCUT2D eigenvalue weighted by molar-refractivity contribution is 0.103. The van der Waals surface area contributed by atoms with Crippen molar-refractivity contribution in [2.45, 2.75) is 33.6 Å². The highest BCUT2D eigenvalue weighted by molar-refractivity contribution is 7.08. The molecule has 1 heterocycles. The Bertz CT molecular complexity index is 599. The highest BCUT2D eigenvalue weighted by Crippen LogP contribution is 2.23. The van der Waals surface area contributed by atoms with Gasteiger partial charge in [0.15, 0.2) is 0 Å². The number of aromatic nitrogens is 2. The average Bonchev–Trinajstić information content (AvgIpc) is 2.76. The maximum atomic E-state index is 14.0. The van der Waals surface area contributed by atoms with Gasteiger partial charge in [0.1, 0.15) is 10.7 Å². The van der Waals surface area contributed by atoms with Crippen LogP contribution in [-0.2, 0) is 6.42 Å². The molecule has 1 aromatic carbocycles. The summed E-state index contributed by atoms with van der Waals surface area (Å²) in [5.41, 5.74) is 2.26. The van der Waals surface area contributed by atoms with Crippen molar-refractivity contribution in [1.29, 1.82) is 0 Å². The molecule has 0 spiro atoms. The van der Waals surface area contributed by atoms with E-state index in [1.165, 1.54) is 6.07 Å². The van der Waals surface area contributed by atoms with E-state index >= 15 is 0 Å². The summed E-state index contributed by atoms with van der Waals surface area (Å²) in [6.07, 6.45) is 1.56. The molecule has 2 aromatic rings. The summed E-state index contributed by atoms with van der Waals surface area (Å²) in [4.78, 5) is 12.9. The van der Waals surface area contributed by atoms with Gasteiger partial charge in [-0.15, -0.1) is 5.10 Å². The molecule has 0 fully saturated rings. The number of nitrogens with zero attached hydrogens (tertiary/aromatic N) is 2. The molecular weight excluding hydrogens is 263 g/mol. The molecule has 1 aromatic heterocycles. The summed E-state index contributed by atoms with van der Waals surface area (Å²) in [5, 5.41) is 3.95. The number of halogens is 1. The van der Waals surface area contributed by atoms with Crippen LogP contribution in [0.3, 0.4) is 0 Å². The molecule has 0 aliphatic carbocycles. The molecule has 0 bridgehead atoms. The first-order valence-electron chi connectivity index (χ1n) is 6.17. The van der Waals surface area contributed by atoms with Crippen molar-refractivity contribution in [3.05, 3.63) is 45.2 Å². The Morgan fingerprint density at radius 3 is 2.74 bits per heavy atom. The van der Waals surface area contributed by atoms with Crippen LogP contribution in [0.15, 0.2) is 12.1 Å². The SMILES string of the molecule is CCCc1nnsc1C(=O)c1c(C)cc(C)cc1F. The van der Waals surface area contributed by atoms with E-state index in [9.17, 15) is 9.18 Å². The topological polar surface area (TPSA) is 42.9 Å². The number of hydrogen-bond acceptors (Lipinski definition) is 4. The quantitative estimate of drug-likeness (QED) is 0.804. The smallest absolute Gasteiger partial charge is 0.209 e. The summed E-state index contributed by atoms with van der Waals surface area (Å²) >= 11 is 1.04. The molecule has 0 amide bonds. The van der Waals surface area contributed by atoms with E-state index in [4.69, 9.17) is 0 Å². The minimum atomic E-state index is -0.474. The van der Waals surface area contributed by atoms with Crippen LogP contribution in [0.5, 0.6) is 0 Å². The third-order valence-corrected chi connectivity index (χ3v) is 3.67. The molecule has 0 aliphatic heterocycles. The predicted octanol–water partition coefficient (Wildman–Crippen LogP) is 3.48. The third kappa shape index (κ3) is 2.71. The van der Waals surface area contributed by atoms with E-state index < -0.39 is 5.82 Å². The number of rotatable bonds is 4. The fraction of sp³-hybridized carbons (Fsp3) is 0.357. The fourth-order valence-corrected chi connectivity index (χ4v) is 2.75. The maximum absolute atomic E-state index is 14.0. The van der Waals surface area contributed by atoms with Gasteiger partial charge >= 0.3 is 0 Å². The summed E-state index contributed by atoms with van der Waals surface area (Å²) in [7, 11) is 0. The third-order valence-electron chi connectivity index (χ3n) is 2.91. The molecule has 19 heavy (non-hydrogen) atoms. The number of aryl methyl sites for hydroxylation is 3. The van der Waals surface area contributed by atoms with Crippen LogP contribution in [0.1, 0.15) is 45.4 Å². The van der Waals surface area contributed by atoms with Gasteiger partial charge in [-0.3, -0.25) is 4.79 Å². The Labute approximate surface area is 115 Å². The first-order chi connectivity index (χ1) is 9.04. The second-order valence-electron chi connectivity index (χ2n) is 4.57. The van der Waals surface area contributed by atoms with Gasteiger partial charge < -0.3 is 0 Å². The van der Waals surface area contributed by atoms with Crippen LogP contribution in [0.4, 0.5) is 4.39 Å². The highest BCUT2D eigenvalue weighted by Gasteiger charge is 2.22. The lowest BCUT2D eigenvalue weighted by Crippen LogP contribution is -2.08. The molecule has 0 atom stereocenters. The Hall–Kier alpha value is -1.62. The summed E-state index contributed by atoms with van der Waals surface area (Å²) < 4.78 is 17.8. The average molecular weight is 278 g/mol. The molecule has 0 saturated carbocycles. The van der Waals surface area contributed by atoms with Gasteiger partial charge in [0.25, 0.3) is 0 Å². The van der Waals surface area contributed by atoms with Crippen LogP contribution in [0, 0.1) is 19.7 Å². The molecule has 0 aliphatic rings. The number of benzene rings is 1. The molecule has 3 nitrogen and oxygen atoms in total. The minimum Gasteiger partial charge on any atom is -0.287 e. The van der Waals surface area contributed by atoms with Crippen LogP contribution in [-0.4, -0.2) is 15.4 Å². The van der Waals surface area contributed by atoms with E-state index in [2.05, 4.69) is 9.59 Å². The first-order valence-corrected chi connectivity index (χ1v) is 6.94. The monoisotopic (exact) mass is 278 g/mol. The van der Waals surface area contributed by atoms with Crippen molar-refractivity contribution < 1.29 is 9.18 Å². The lowest BCUT2D eigenvalue weighted by Gasteiger charge is -2.07. The molecule has 0 radical (unpaired) electrons. The normalized spacial score (nSPS) is 10.7. The van der Waals surface area contributed by atoms with Gasteiger partial charge in [0, 0.05) is 0 Å². The zero-order valence-corrected chi connectivity index (χ0v) is 12.0. The summed E-state index contributed by atoms with van der Waals surface area (Å²) in [6, 6.07) is 3.19. The zero-order chi connectivity index (χ0) is 14.0. The van der Waals surface area contributed by atoms with Crippen LogP contribution < -0.4 is 0 Å². The van der Waals surface area contributed by atoms with E-state index in [1.807, 2.05) is 13.0 Å². The standard InChI is InChI=1S/C14H15FN2OS/c1-4-5-11-14(19-17-16-11)13(18)12-9(3)6-8(2)7-10(12)15/h6-7H,4-5H2,1-3H3. The van der Waals surface area contributed by atoms with Gasteiger partial charge in [-0.25, -0.2) is 4.39 Å². The van der Waals surface area contributed by atoms with Crippen molar-refractivity contribution in [3.63, 3.8) is 0 Å². The number of carbonyl (C=O) groups excluding carboxylic acids is 1. The van der Waals surface area contributed by atoms with Crippen molar-refractivity contribution >= 4 is 17.3 Å². The second-order valence-corrected chi connectivity index (χ2v) is 5.32. The molecule has 2 rings (SSSR count). The molecule has 0 saturated heterocycles. The van der Waals surface area contributed by atoms with Gasteiger partial charge in [0.2, 0.25) is 5.78 Å². The zero-order valence-electron chi connectivity index (χ0n) is 11.2. The predicted molar refractivity (Wildman–Crippen MR) is 73.2 cm³/mol. The number of ketones is 1. The number of hydrogen-bond donors (Lipinski definition) is 0. The molecule has 100 valence electrons. The molecular formula is C14H15FN2OS. The number of carbonyl (C=O) groups is 1. The molecule has 5 heteroatoms. The lowest BCUT2D eigenvalue weighted by atomic mass is 9.99. The van der Waals surface area contributed by atoms with Gasteiger partial charge in [-0.2, -0.15) is 0 Å². The van der Waals surface area contributed by atoms with Crippen LogP contribution >= 0.6 is 11.5 Å². The van der Waals surface area contributed by atoms with E-state index in [-0.39, 0.29) is 11.3 Å². The van der Waals surface area contributed by atoms with Crippen molar-refractivity contribution in [2.24, 2.45) is 0 Å². The van der Waals surface area contributed by atoms with Gasteiger partial charge in [-0.1, -0.05) is 23.9 Å². The summed E-state index contributed by atoms with van der Waals surface area (Å²) in [5.74, 6) is -0.785. The minimum absolute atomic E-state index is 0.133. The maximum Gasteiger partial charge on any atom is 0.209 e. The Morgan fingerprint density at radius 1 is 1.37 bits per heavy atom. The van der Waals surface area contributed by atoms with Crippen molar-refractivity contribution in [2.75, 3.05) is 0 Å². The fourth-order valence-electron chi connectivity index (χ4n) is 2.10. The Kier molecular flexibility index (Phi) is 4.04. The van der Waals surface area contributed by atoms with E-state index in [0.29, 0.717) is 22.6 Å². The molecule has 0 N–H and O–H groups in total. The molecule has 0 unspecified atom stereocenters. The van der Waals surface area contributed by atoms with E-state index in [1.54, 1.807) is 13.8 Å². The van der Waals surface area contributed by atoms with Crippen molar-refractivity contribution in [1.82, 2.24) is 9.59 Å². The van der Waals surface area contributed by atoms with Gasteiger partial charge in [-0.05, 0) is 49.0 Å². The van der Waals surface area contributed by atoms with E-state index in [0.717, 1.165) is 23.5 Å².